The van der Waals surface area contributed by atoms with Crippen LogP contribution in [-0.4, -0.2) is 31.1 Å². The van der Waals surface area contributed by atoms with E-state index in [0.29, 0.717) is 25.2 Å². The Kier molecular flexibility index (Phi) is 3.84. The highest BCUT2D eigenvalue weighted by Crippen LogP contribution is 2.29. The molecule has 0 amide bonds. The summed E-state index contributed by atoms with van der Waals surface area (Å²) in [6, 6.07) is 6.13. The Morgan fingerprint density at radius 2 is 2.35 bits per heavy atom. The van der Waals surface area contributed by atoms with E-state index < -0.39 is 4.92 Å². The molecule has 1 atom stereocenters. The zero-order valence-electron chi connectivity index (χ0n) is 10.9. The van der Waals surface area contributed by atoms with Gasteiger partial charge >= 0.3 is 5.97 Å². The number of nitriles is 1. The zero-order chi connectivity index (χ0) is 14.7. The van der Waals surface area contributed by atoms with E-state index in [0.717, 1.165) is 0 Å². The number of ether oxygens (including phenoxy) is 1. The number of hydrogen-bond acceptors (Lipinski definition) is 6. The van der Waals surface area contributed by atoms with Crippen molar-refractivity contribution in [2.45, 2.75) is 6.42 Å². The Balaban J connectivity index is 2.24. The molecule has 7 nitrogen and oxygen atoms in total. The fourth-order valence-electron chi connectivity index (χ4n) is 2.34. The molecule has 0 bridgehead atoms. The summed E-state index contributed by atoms with van der Waals surface area (Å²) in [7, 11) is 1.34. The lowest BCUT2D eigenvalue weighted by molar-refractivity contribution is -0.384. The Morgan fingerprint density at radius 1 is 1.60 bits per heavy atom. The molecule has 1 aromatic carbocycles. The summed E-state index contributed by atoms with van der Waals surface area (Å²) >= 11 is 0. The lowest BCUT2D eigenvalue weighted by atomic mass is 10.1. The van der Waals surface area contributed by atoms with Gasteiger partial charge in [0, 0.05) is 25.2 Å². The molecule has 0 spiro atoms. The minimum Gasteiger partial charge on any atom is -0.469 e. The van der Waals surface area contributed by atoms with E-state index in [1.807, 2.05) is 11.0 Å². The van der Waals surface area contributed by atoms with Gasteiger partial charge in [0.05, 0.1) is 29.2 Å². The molecule has 20 heavy (non-hydrogen) atoms. The minimum atomic E-state index is -0.536. The van der Waals surface area contributed by atoms with E-state index >= 15 is 0 Å². The molecule has 0 saturated carbocycles. The van der Waals surface area contributed by atoms with Crippen molar-refractivity contribution in [3.05, 3.63) is 33.9 Å². The number of non-ortho nitro benzene ring substituents is 1. The van der Waals surface area contributed by atoms with E-state index in [2.05, 4.69) is 0 Å². The van der Waals surface area contributed by atoms with Gasteiger partial charge in [-0.25, -0.2) is 0 Å². The summed E-state index contributed by atoms with van der Waals surface area (Å²) in [6.07, 6.45) is 0.647. The topological polar surface area (TPSA) is 96.5 Å². The van der Waals surface area contributed by atoms with Crippen molar-refractivity contribution < 1.29 is 14.5 Å². The van der Waals surface area contributed by atoms with Crippen LogP contribution in [0.4, 0.5) is 11.4 Å². The average molecular weight is 275 g/mol. The highest BCUT2D eigenvalue weighted by atomic mass is 16.6. The first-order chi connectivity index (χ1) is 9.56. The van der Waals surface area contributed by atoms with Gasteiger partial charge in [-0.3, -0.25) is 14.9 Å². The minimum absolute atomic E-state index is 0.117. The van der Waals surface area contributed by atoms with Crippen LogP contribution in [0, 0.1) is 27.4 Å². The van der Waals surface area contributed by atoms with Crippen molar-refractivity contribution in [3.8, 4) is 6.07 Å². The molecule has 1 aromatic rings. The monoisotopic (exact) mass is 275 g/mol. The second-order valence-electron chi connectivity index (χ2n) is 4.53. The van der Waals surface area contributed by atoms with Gasteiger partial charge in [0.15, 0.2) is 0 Å². The van der Waals surface area contributed by atoms with Crippen LogP contribution in [0.1, 0.15) is 12.0 Å². The fourth-order valence-corrected chi connectivity index (χ4v) is 2.34. The SMILES string of the molecule is COC(=O)C1CCN(c2ccc([N+](=O)[O-])cc2C#N)C1. The van der Waals surface area contributed by atoms with Gasteiger partial charge < -0.3 is 9.64 Å². The summed E-state index contributed by atoms with van der Waals surface area (Å²) in [4.78, 5) is 23.5. The van der Waals surface area contributed by atoms with Gasteiger partial charge in [0.25, 0.3) is 5.69 Å². The molecule has 104 valence electrons. The molecule has 0 aliphatic carbocycles. The van der Waals surface area contributed by atoms with E-state index in [1.54, 1.807) is 6.07 Å². The standard InChI is InChI=1S/C13H13N3O4/c1-20-13(17)9-4-5-15(8-9)12-3-2-11(16(18)19)6-10(12)7-14/h2-3,6,9H,4-5,8H2,1H3. The van der Waals surface area contributed by atoms with Gasteiger partial charge in [0.2, 0.25) is 0 Å². The molecule has 1 fully saturated rings. The summed E-state index contributed by atoms with van der Waals surface area (Å²) in [5, 5.41) is 19.8. The molecule has 1 heterocycles. The second-order valence-corrected chi connectivity index (χ2v) is 4.53. The molecular formula is C13H13N3O4. The third-order valence-electron chi connectivity index (χ3n) is 3.37. The normalized spacial score (nSPS) is 17.6. The van der Waals surface area contributed by atoms with Crippen LogP contribution in [0.15, 0.2) is 18.2 Å². The molecular weight excluding hydrogens is 262 g/mol. The highest BCUT2D eigenvalue weighted by molar-refractivity contribution is 5.75. The predicted octanol–water partition coefficient (Wildman–Crippen LogP) is 1.47. The van der Waals surface area contributed by atoms with Gasteiger partial charge in [-0.2, -0.15) is 5.26 Å². The highest BCUT2D eigenvalue weighted by Gasteiger charge is 2.30. The zero-order valence-corrected chi connectivity index (χ0v) is 10.9. The molecule has 7 heteroatoms. The van der Waals surface area contributed by atoms with Crippen LogP contribution in [0.5, 0.6) is 0 Å². The van der Waals surface area contributed by atoms with Crippen LogP contribution in [0.3, 0.4) is 0 Å². The molecule has 0 aromatic heterocycles. The number of hydrogen-bond donors (Lipinski definition) is 0. The lowest BCUT2D eigenvalue weighted by Gasteiger charge is -2.19. The molecule has 2 rings (SSSR count). The van der Waals surface area contributed by atoms with Crippen molar-refractivity contribution in [2.24, 2.45) is 5.92 Å². The largest absolute Gasteiger partial charge is 0.469 e. The first-order valence-corrected chi connectivity index (χ1v) is 6.08. The molecule has 1 aliphatic rings. The number of carbonyl (C=O) groups is 1. The number of anilines is 1. The van der Waals surface area contributed by atoms with Crippen molar-refractivity contribution >= 4 is 17.3 Å². The van der Waals surface area contributed by atoms with Crippen molar-refractivity contribution in [2.75, 3.05) is 25.1 Å². The second kappa shape index (κ2) is 5.57. The maximum atomic E-state index is 11.5. The van der Waals surface area contributed by atoms with E-state index in [9.17, 15) is 14.9 Å². The molecule has 1 saturated heterocycles. The third kappa shape index (κ3) is 2.54. The number of rotatable bonds is 3. The number of nitro groups is 1. The summed E-state index contributed by atoms with van der Waals surface area (Å²) < 4.78 is 4.71. The number of nitro benzene ring substituents is 1. The Morgan fingerprint density at radius 3 is 2.95 bits per heavy atom. The van der Waals surface area contributed by atoms with Crippen LogP contribution < -0.4 is 4.90 Å². The number of benzene rings is 1. The van der Waals surface area contributed by atoms with Crippen LogP contribution in [-0.2, 0) is 9.53 Å². The molecule has 0 radical (unpaired) electrons. The number of methoxy groups -OCH3 is 1. The molecule has 0 N–H and O–H groups in total. The third-order valence-corrected chi connectivity index (χ3v) is 3.37. The van der Waals surface area contributed by atoms with Gasteiger partial charge in [-0.15, -0.1) is 0 Å². The summed E-state index contributed by atoms with van der Waals surface area (Å²) in [6.45, 7) is 1.07. The first-order valence-electron chi connectivity index (χ1n) is 6.08. The number of carbonyl (C=O) groups excluding carboxylic acids is 1. The number of nitrogens with zero attached hydrogens (tertiary/aromatic N) is 3. The fraction of sp³-hybridized carbons (Fsp3) is 0.385. The smallest absolute Gasteiger partial charge is 0.310 e. The van der Waals surface area contributed by atoms with E-state index in [4.69, 9.17) is 10.00 Å². The Labute approximate surface area is 115 Å². The van der Waals surface area contributed by atoms with Gasteiger partial charge in [-0.05, 0) is 12.5 Å². The van der Waals surface area contributed by atoms with Crippen molar-refractivity contribution in [3.63, 3.8) is 0 Å². The first kappa shape index (κ1) is 13.8. The van der Waals surface area contributed by atoms with Crippen molar-refractivity contribution in [1.29, 1.82) is 5.26 Å². The van der Waals surface area contributed by atoms with Crippen LogP contribution in [0.2, 0.25) is 0 Å². The summed E-state index contributed by atoms with van der Waals surface area (Å²) in [5.74, 6) is -0.491. The maximum absolute atomic E-state index is 11.5. The summed E-state index contributed by atoms with van der Waals surface area (Å²) in [5.41, 5.74) is 0.739. The van der Waals surface area contributed by atoms with Gasteiger partial charge in [-0.1, -0.05) is 0 Å². The lowest BCUT2D eigenvalue weighted by Crippen LogP contribution is -2.24. The van der Waals surface area contributed by atoms with Gasteiger partial charge in [0.1, 0.15) is 6.07 Å². The van der Waals surface area contributed by atoms with E-state index in [1.165, 1.54) is 19.2 Å². The van der Waals surface area contributed by atoms with Crippen LogP contribution >= 0.6 is 0 Å². The van der Waals surface area contributed by atoms with Crippen molar-refractivity contribution in [1.82, 2.24) is 0 Å². The predicted molar refractivity (Wildman–Crippen MR) is 70.1 cm³/mol. The number of esters is 1. The van der Waals surface area contributed by atoms with E-state index in [-0.39, 0.29) is 23.1 Å². The maximum Gasteiger partial charge on any atom is 0.310 e. The molecule has 1 unspecified atom stereocenters. The average Bonchev–Trinajstić information content (AvgIpc) is 2.95. The Hall–Kier alpha value is -2.62. The quantitative estimate of drug-likeness (QED) is 0.470. The van der Waals surface area contributed by atoms with Crippen LogP contribution in [0.25, 0.3) is 0 Å². The Bertz CT molecular complexity index is 594. The molecule has 1 aliphatic heterocycles.